The zero-order valence-electron chi connectivity index (χ0n) is 13.8. The first-order valence-electron chi connectivity index (χ1n) is 7.39. The lowest BCUT2D eigenvalue weighted by Crippen LogP contribution is -2.13. The molecular weight excluding hydrogens is 388 g/mol. The molecule has 2 rings (SSSR count). The van der Waals surface area contributed by atoms with Crippen molar-refractivity contribution >= 4 is 33.8 Å². The van der Waals surface area contributed by atoms with Gasteiger partial charge in [0, 0.05) is 10.5 Å². The predicted octanol–water partition coefficient (Wildman–Crippen LogP) is 3.91. The van der Waals surface area contributed by atoms with Crippen LogP contribution in [0.5, 0.6) is 11.5 Å². The molecule has 0 aliphatic carbocycles. The van der Waals surface area contributed by atoms with E-state index >= 15 is 0 Å². The molecule has 130 valence electrons. The summed E-state index contributed by atoms with van der Waals surface area (Å²) in [4.78, 5) is 24.0. The number of ketones is 1. The van der Waals surface area contributed by atoms with Crippen molar-refractivity contribution in [3.05, 3.63) is 64.1 Å². The Morgan fingerprint density at radius 2 is 1.76 bits per heavy atom. The van der Waals surface area contributed by atoms with Crippen LogP contribution in [-0.4, -0.2) is 32.6 Å². The third-order valence-electron chi connectivity index (χ3n) is 3.33. The van der Waals surface area contributed by atoms with Crippen molar-refractivity contribution in [2.75, 3.05) is 20.8 Å². The Hall–Kier alpha value is -2.60. The normalized spacial score (nSPS) is 10.5. The zero-order chi connectivity index (χ0) is 18.2. The largest absolute Gasteiger partial charge is 0.497 e. The quantitative estimate of drug-likeness (QED) is 0.397. The second-order valence-electron chi connectivity index (χ2n) is 4.98. The summed E-state index contributed by atoms with van der Waals surface area (Å²) in [5.74, 6) is -0.0582. The maximum Gasteiger partial charge on any atom is 0.331 e. The van der Waals surface area contributed by atoms with E-state index in [1.807, 2.05) is 24.3 Å². The molecule has 0 fully saturated rings. The van der Waals surface area contributed by atoms with E-state index in [1.54, 1.807) is 24.3 Å². The van der Waals surface area contributed by atoms with Gasteiger partial charge in [0.25, 0.3) is 0 Å². The van der Waals surface area contributed by atoms with Crippen molar-refractivity contribution in [2.24, 2.45) is 0 Å². The summed E-state index contributed by atoms with van der Waals surface area (Å²) >= 11 is 3.34. The van der Waals surface area contributed by atoms with Gasteiger partial charge in [-0.3, -0.25) is 4.79 Å². The summed E-state index contributed by atoms with van der Waals surface area (Å²) in [7, 11) is 2.97. The van der Waals surface area contributed by atoms with E-state index in [1.165, 1.54) is 20.3 Å². The molecule has 0 atom stereocenters. The van der Waals surface area contributed by atoms with Gasteiger partial charge in [-0.15, -0.1) is 0 Å². The first-order valence-corrected chi connectivity index (χ1v) is 8.18. The molecule has 0 aliphatic heterocycles. The molecule has 0 bridgehead atoms. The van der Waals surface area contributed by atoms with Crippen molar-refractivity contribution in [3.8, 4) is 11.5 Å². The van der Waals surface area contributed by atoms with Crippen LogP contribution in [0.3, 0.4) is 0 Å². The van der Waals surface area contributed by atoms with Crippen LogP contribution in [0.25, 0.3) is 6.08 Å². The van der Waals surface area contributed by atoms with Gasteiger partial charge in [0.05, 0.1) is 19.8 Å². The first-order chi connectivity index (χ1) is 12.0. The van der Waals surface area contributed by atoms with E-state index < -0.39 is 5.97 Å². The lowest BCUT2D eigenvalue weighted by Gasteiger charge is -2.09. The second kappa shape index (κ2) is 9.03. The van der Waals surface area contributed by atoms with Crippen LogP contribution in [0.1, 0.15) is 15.9 Å². The molecule has 2 aromatic rings. The molecule has 0 amide bonds. The van der Waals surface area contributed by atoms with Crippen LogP contribution in [0.4, 0.5) is 0 Å². The smallest absolute Gasteiger partial charge is 0.331 e. The summed E-state index contributed by atoms with van der Waals surface area (Å²) in [6.45, 7) is -0.382. The highest BCUT2D eigenvalue weighted by Gasteiger charge is 2.15. The summed E-state index contributed by atoms with van der Waals surface area (Å²) in [6, 6.07) is 12.3. The average molecular weight is 405 g/mol. The van der Waals surface area contributed by atoms with Gasteiger partial charge in [-0.05, 0) is 42.0 Å². The van der Waals surface area contributed by atoms with Crippen molar-refractivity contribution in [3.63, 3.8) is 0 Å². The fraction of sp³-hybridized carbons (Fsp3) is 0.158. The Morgan fingerprint density at radius 3 is 2.40 bits per heavy atom. The molecule has 0 aliphatic rings. The predicted molar refractivity (Wildman–Crippen MR) is 98.0 cm³/mol. The molecule has 25 heavy (non-hydrogen) atoms. The zero-order valence-corrected chi connectivity index (χ0v) is 15.4. The maximum absolute atomic E-state index is 12.3. The highest BCUT2D eigenvalue weighted by Crippen LogP contribution is 2.24. The highest BCUT2D eigenvalue weighted by atomic mass is 79.9. The van der Waals surface area contributed by atoms with Gasteiger partial charge in [-0.1, -0.05) is 28.1 Å². The van der Waals surface area contributed by atoms with Crippen LogP contribution in [0.2, 0.25) is 0 Å². The number of Topliss-reactive ketones (excluding diaryl/α,β-unsaturated/α-hetero) is 1. The fourth-order valence-electron chi connectivity index (χ4n) is 2.03. The van der Waals surface area contributed by atoms with E-state index in [0.717, 1.165) is 10.0 Å². The number of hydrogen-bond acceptors (Lipinski definition) is 5. The standard InChI is InChI=1S/C19H17BrO5/c1-23-15-8-9-18(24-2)16(11-15)17(21)12-25-19(22)10-5-13-3-6-14(20)7-4-13/h3-11H,12H2,1-2H3/b10-5+. The minimum absolute atomic E-state index is 0.298. The number of carbonyl (C=O) groups excluding carboxylic acids is 2. The molecule has 0 heterocycles. The summed E-state index contributed by atoms with van der Waals surface area (Å²) in [6.07, 6.45) is 2.89. The second-order valence-corrected chi connectivity index (χ2v) is 5.90. The number of halogens is 1. The number of methoxy groups -OCH3 is 2. The van der Waals surface area contributed by atoms with Gasteiger partial charge in [-0.25, -0.2) is 4.79 Å². The lowest BCUT2D eigenvalue weighted by molar-refractivity contribution is -0.136. The number of ether oxygens (including phenoxy) is 3. The number of benzene rings is 2. The van der Waals surface area contributed by atoms with Crippen molar-refractivity contribution in [1.29, 1.82) is 0 Å². The summed E-state index contributed by atoms with van der Waals surface area (Å²) < 4.78 is 16.2. The van der Waals surface area contributed by atoms with Crippen molar-refractivity contribution < 1.29 is 23.8 Å². The molecule has 0 unspecified atom stereocenters. The minimum atomic E-state index is -0.599. The monoisotopic (exact) mass is 404 g/mol. The van der Waals surface area contributed by atoms with E-state index in [9.17, 15) is 9.59 Å². The van der Waals surface area contributed by atoms with Gasteiger partial charge in [-0.2, -0.15) is 0 Å². The van der Waals surface area contributed by atoms with Crippen LogP contribution in [-0.2, 0) is 9.53 Å². The molecule has 0 saturated carbocycles. The van der Waals surface area contributed by atoms with Crippen LogP contribution in [0.15, 0.2) is 53.0 Å². The molecular formula is C19H17BrO5. The van der Waals surface area contributed by atoms with Gasteiger partial charge >= 0.3 is 5.97 Å². The van der Waals surface area contributed by atoms with Gasteiger partial charge < -0.3 is 14.2 Å². The van der Waals surface area contributed by atoms with E-state index in [4.69, 9.17) is 14.2 Å². The topological polar surface area (TPSA) is 61.8 Å². The molecule has 6 heteroatoms. The fourth-order valence-corrected chi connectivity index (χ4v) is 2.30. The van der Waals surface area contributed by atoms with Crippen LogP contribution >= 0.6 is 15.9 Å². The molecule has 0 N–H and O–H groups in total. The minimum Gasteiger partial charge on any atom is -0.497 e. The molecule has 0 spiro atoms. The van der Waals surface area contributed by atoms with E-state index in [-0.39, 0.29) is 12.4 Å². The summed E-state index contributed by atoms with van der Waals surface area (Å²) in [5.41, 5.74) is 1.15. The number of hydrogen-bond donors (Lipinski definition) is 0. The van der Waals surface area contributed by atoms with E-state index in [2.05, 4.69) is 15.9 Å². The third kappa shape index (κ3) is 5.46. The Balaban J connectivity index is 1.97. The van der Waals surface area contributed by atoms with Crippen molar-refractivity contribution in [2.45, 2.75) is 0 Å². The first kappa shape index (κ1) is 18.7. The Kier molecular flexibility index (Phi) is 6.77. The maximum atomic E-state index is 12.3. The Morgan fingerprint density at radius 1 is 1.04 bits per heavy atom. The molecule has 2 aromatic carbocycles. The average Bonchev–Trinajstić information content (AvgIpc) is 2.65. The van der Waals surface area contributed by atoms with Crippen LogP contribution < -0.4 is 9.47 Å². The SMILES string of the molecule is COc1ccc(OC)c(C(=O)COC(=O)/C=C/c2ccc(Br)cc2)c1. The van der Waals surface area contributed by atoms with Crippen molar-refractivity contribution in [1.82, 2.24) is 0 Å². The lowest BCUT2D eigenvalue weighted by atomic mass is 10.1. The Labute approximate surface area is 154 Å². The number of carbonyl (C=O) groups is 2. The Bertz CT molecular complexity index is 781. The molecule has 0 aromatic heterocycles. The van der Waals surface area contributed by atoms with Crippen LogP contribution in [0, 0.1) is 0 Å². The molecule has 0 saturated heterocycles. The number of rotatable bonds is 7. The van der Waals surface area contributed by atoms with Gasteiger partial charge in [0.2, 0.25) is 5.78 Å². The summed E-state index contributed by atoms with van der Waals surface area (Å²) in [5, 5.41) is 0. The van der Waals surface area contributed by atoms with Gasteiger partial charge in [0.1, 0.15) is 11.5 Å². The van der Waals surface area contributed by atoms with Gasteiger partial charge in [0.15, 0.2) is 6.61 Å². The van der Waals surface area contributed by atoms with E-state index in [0.29, 0.717) is 17.1 Å². The highest BCUT2D eigenvalue weighted by molar-refractivity contribution is 9.10. The molecule has 0 radical (unpaired) electrons. The number of esters is 1. The molecule has 5 nitrogen and oxygen atoms in total. The third-order valence-corrected chi connectivity index (χ3v) is 3.86.